The minimum Gasteiger partial charge on any atom is -0.496 e. The molecule has 0 fully saturated rings. The summed E-state index contributed by atoms with van der Waals surface area (Å²) in [5.41, 5.74) is 2.99. The molecule has 3 aromatic rings. The lowest BCUT2D eigenvalue weighted by atomic mass is 9.84. The number of benzene rings is 2. The summed E-state index contributed by atoms with van der Waals surface area (Å²) < 4.78 is 11.2. The van der Waals surface area contributed by atoms with E-state index in [-0.39, 0.29) is 5.41 Å². The molecule has 0 amide bonds. The fraction of sp³-hybridized carbons (Fsp3) is 0.250. The van der Waals surface area contributed by atoms with Crippen LogP contribution in [0.1, 0.15) is 37.5 Å². The van der Waals surface area contributed by atoms with Crippen LogP contribution in [0.5, 0.6) is 5.75 Å². The molecule has 0 radical (unpaired) electrons. The van der Waals surface area contributed by atoms with Crippen molar-refractivity contribution >= 4 is 30.0 Å². The van der Waals surface area contributed by atoms with E-state index in [4.69, 9.17) is 4.74 Å². The Morgan fingerprint density at radius 2 is 1.82 bits per heavy atom. The Hall–Kier alpha value is -3.27. The number of hydrogen-bond acceptors (Lipinski definition) is 7. The van der Waals surface area contributed by atoms with Gasteiger partial charge in [0.25, 0.3) is 5.56 Å². The van der Waals surface area contributed by atoms with Crippen LogP contribution < -0.4 is 20.7 Å². The molecule has 2 aromatic carbocycles. The number of aromatic amines is 1. The molecule has 3 N–H and O–H groups in total. The molecule has 0 unspecified atom stereocenters. The van der Waals surface area contributed by atoms with Gasteiger partial charge >= 0.3 is 5.69 Å². The monoisotopic (exact) mass is 468 g/mol. The number of ether oxygens (including phenoxy) is 1. The third-order valence-electron chi connectivity index (χ3n) is 4.88. The van der Waals surface area contributed by atoms with Gasteiger partial charge in [-0.15, -0.1) is 4.47 Å². The molecule has 33 heavy (non-hydrogen) atoms. The van der Waals surface area contributed by atoms with Crippen molar-refractivity contribution in [2.45, 2.75) is 26.2 Å². The van der Waals surface area contributed by atoms with Crippen molar-refractivity contribution in [3.63, 3.8) is 0 Å². The average molecular weight is 469 g/mol. The van der Waals surface area contributed by atoms with Gasteiger partial charge in [-0.1, -0.05) is 45.1 Å². The zero-order chi connectivity index (χ0) is 24.2. The topological polar surface area (TPSA) is 99.6 Å². The van der Waals surface area contributed by atoms with Crippen LogP contribution in [0.3, 0.4) is 0 Å². The van der Waals surface area contributed by atoms with Crippen molar-refractivity contribution in [2.24, 2.45) is 0 Å². The van der Waals surface area contributed by atoms with Crippen molar-refractivity contribution < 1.29 is 9.94 Å². The third-order valence-corrected chi connectivity index (χ3v) is 5.47. The molecule has 1 heterocycles. The molecule has 0 saturated heterocycles. The second-order valence-corrected chi connectivity index (χ2v) is 9.37. The van der Waals surface area contributed by atoms with E-state index < -0.39 is 11.2 Å². The highest BCUT2D eigenvalue weighted by atomic mass is 32.2. The second-order valence-electron chi connectivity index (χ2n) is 8.46. The number of hydroxylamine groups is 1. The SMILES string of the molecule is COc1c(/C=C/c2ccc(NSN(C)O)cc2)cc(-n2ccc(=O)[nH]c2=O)cc1C(C)(C)C. The van der Waals surface area contributed by atoms with Crippen molar-refractivity contribution in [1.82, 2.24) is 14.0 Å². The molecule has 8 nitrogen and oxygen atoms in total. The van der Waals surface area contributed by atoms with Gasteiger partial charge in [-0.2, -0.15) is 0 Å². The maximum absolute atomic E-state index is 12.4. The van der Waals surface area contributed by atoms with Gasteiger partial charge in [-0.3, -0.25) is 14.3 Å². The molecule has 0 aliphatic rings. The predicted octanol–water partition coefficient (Wildman–Crippen LogP) is 4.30. The van der Waals surface area contributed by atoms with Gasteiger partial charge in [0.15, 0.2) is 0 Å². The summed E-state index contributed by atoms with van der Waals surface area (Å²) in [4.78, 5) is 26.2. The summed E-state index contributed by atoms with van der Waals surface area (Å²) in [6.07, 6.45) is 5.36. The summed E-state index contributed by atoms with van der Waals surface area (Å²) in [5.74, 6) is 0.723. The number of rotatable bonds is 7. The van der Waals surface area contributed by atoms with E-state index in [1.54, 1.807) is 7.11 Å². The highest BCUT2D eigenvalue weighted by Crippen LogP contribution is 2.37. The van der Waals surface area contributed by atoms with Gasteiger partial charge in [0, 0.05) is 36.1 Å². The highest BCUT2D eigenvalue weighted by molar-refractivity contribution is 7.98. The molecule has 0 aliphatic carbocycles. The van der Waals surface area contributed by atoms with Gasteiger partial charge in [-0.25, -0.2) is 4.79 Å². The Balaban J connectivity index is 2.04. The first-order chi connectivity index (χ1) is 15.6. The Bertz CT molecular complexity index is 1260. The molecule has 0 saturated carbocycles. The van der Waals surface area contributed by atoms with Crippen LogP contribution in [0, 0.1) is 0 Å². The van der Waals surface area contributed by atoms with E-state index in [2.05, 4.69) is 30.5 Å². The smallest absolute Gasteiger partial charge is 0.332 e. The number of anilines is 1. The summed E-state index contributed by atoms with van der Waals surface area (Å²) in [6, 6.07) is 12.8. The van der Waals surface area contributed by atoms with Crippen molar-refractivity contribution in [1.29, 1.82) is 0 Å². The molecule has 1 aromatic heterocycles. The highest BCUT2D eigenvalue weighted by Gasteiger charge is 2.22. The molecular weight excluding hydrogens is 440 g/mol. The van der Waals surface area contributed by atoms with Gasteiger partial charge in [-0.05, 0) is 35.2 Å². The maximum atomic E-state index is 12.4. The van der Waals surface area contributed by atoms with Crippen molar-refractivity contribution in [2.75, 3.05) is 18.9 Å². The molecule has 0 spiro atoms. The summed E-state index contributed by atoms with van der Waals surface area (Å²) >= 11 is 1.07. The van der Waals surface area contributed by atoms with Gasteiger partial charge in [0.2, 0.25) is 0 Å². The molecule has 3 rings (SSSR count). The van der Waals surface area contributed by atoms with Crippen LogP contribution >= 0.6 is 12.1 Å². The number of nitrogens with zero attached hydrogens (tertiary/aromatic N) is 2. The summed E-state index contributed by atoms with van der Waals surface area (Å²) in [6.45, 7) is 6.22. The zero-order valence-electron chi connectivity index (χ0n) is 19.2. The van der Waals surface area contributed by atoms with E-state index in [9.17, 15) is 14.8 Å². The Morgan fingerprint density at radius 1 is 1.12 bits per heavy atom. The van der Waals surface area contributed by atoms with E-state index in [1.165, 1.54) is 23.9 Å². The van der Waals surface area contributed by atoms with E-state index in [0.717, 1.165) is 44.7 Å². The fourth-order valence-corrected chi connectivity index (χ4v) is 3.64. The largest absolute Gasteiger partial charge is 0.496 e. The molecule has 9 heteroatoms. The van der Waals surface area contributed by atoms with Gasteiger partial charge in [0.05, 0.1) is 24.9 Å². The number of hydrogen-bond donors (Lipinski definition) is 3. The Morgan fingerprint density at radius 3 is 2.39 bits per heavy atom. The van der Waals surface area contributed by atoms with Gasteiger partial charge in [0.1, 0.15) is 5.75 Å². The first kappa shape index (κ1) is 24.4. The van der Waals surface area contributed by atoms with Crippen LogP contribution in [0.25, 0.3) is 17.8 Å². The lowest BCUT2D eigenvalue weighted by molar-refractivity contribution is 0.0459. The van der Waals surface area contributed by atoms with Crippen LogP contribution in [-0.4, -0.2) is 33.4 Å². The van der Waals surface area contributed by atoms with Crippen LogP contribution in [-0.2, 0) is 5.41 Å². The van der Waals surface area contributed by atoms with Crippen molar-refractivity contribution in [3.05, 3.63) is 86.2 Å². The quantitative estimate of drug-likeness (QED) is 0.270. The van der Waals surface area contributed by atoms with Crippen LogP contribution in [0.15, 0.2) is 58.3 Å². The van der Waals surface area contributed by atoms with E-state index in [0.29, 0.717) is 5.69 Å². The van der Waals surface area contributed by atoms with E-state index >= 15 is 0 Å². The van der Waals surface area contributed by atoms with Gasteiger partial charge < -0.3 is 14.7 Å². The standard InChI is InChI=1S/C24H28N4O4S/c1-24(2,3)20-15-19(28-13-12-21(29)25-23(28)30)14-17(22(20)32-5)9-6-16-7-10-18(11-8-16)26-33-27(4)31/h6-15,26,31H,1-5H3,(H,25,29,30)/b9-6+. The predicted molar refractivity (Wildman–Crippen MR) is 134 cm³/mol. The number of nitrogens with one attached hydrogen (secondary N) is 2. The Kier molecular flexibility index (Phi) is 7.47. The maximum Gasteiger partial charge on any atom is 0.332 e. The second kappa shape index (κ2) is 10.1. The summed E-state index contributed by atoms with van der Waals surface area (Å²) in [7, 11) is 3.16. The minimum atomic E-state index is -0.503. The third kappa shape index (κ3) is 6.16. The Labute approximate surface area is 196 Å². The number of methoxy groups -OCH3 is 1. The molecule has 174 valence electrons. The molecular formula is C24H28N4O4S. The normalized spacial score (nSPS) is 11.8. The average Bonchev–Trinajstić information content (AvgIpc) is 2.75. The minimum absolute atomic E-state index is 0.249. The first-order valence-corrected chi connectivity index (χ1v) is 11.0. The van der Waals surface area contributed by atoms with Crippen LogP contribution in [0.2, 0.25) is 0 Å². The van der Waals surface area contributed by atoms with Crippen LogP contribution in [0.4, 0.5) is 5.69 Å². The van der Waals surface area contributed by atoms with Crippen molar-refractivity contribution in [3.8, 4) is 11.4 Å². The molecule has 0 bridgehead atoms. The molecule has 0 aliphatic heterocycles. The summed E-state index contributed by atoms with van der Waals surface area (Å²) in [5, 5.41) is 9.21. The zero-order valence-corrected chi connectivity index (χ0v) is 20.1. The fourth-order valence-electron chi connectivity index (χ4n) is 3.27. The molecule has 0 atom stereocenters. The first-order valence-electron chi connectivity index (χ1n) is 10.3. The lowest BCUT2D eigenvalue weighted by Crippen LogP contribution is -2.28. The number of H-pyrrole nitrogens is 1. The number of aromatic nitrogens is 2. The lowest BCUT2D eigenvalue weighted by Gasteiger charge is -2.25. The van der Waals surface area contributed by atoms with E-state index in [1.807, 2.05) is 48.6 Å².